The van der Waals surface area contributed by atoms with Gasteiger partial charge in [-0.3, -0.25) is 9.59 Å². The van der Waals surface area contributed by atoms with Crippen molar-refractivity contribution in [1.82, 2.24) is 0 Å². The average molecular weight is 526 g/mol. The summed E-state index contributed by atoms with van der Waals surface area (Å²) in [5, 5.41) is 0. The van der Waals surface area contributed by atoms with Gasteiger partial charge in [-0.15, -0.1) is 0 Å². The Labute approximate surface area is 149 Å². The van der Waals surface area contributed by atoms with E-state index in [0.29, 0.717) is 31.2 Å². The number of carbonyl (C=O) groups is 2. The first-order valence-electron chi connectivity index (χ1n) is 5.36. The maximum absolute atomic E-state index is 11.3. The molecule has 0 unspecified atom stereocenters. The third-order valence-corrected chi connectivity index (χ3v) is 4.94. The molecule has 2 aromatic rings. The first kappa shape index (κ1) is 16.1. The Balaban J connectivity index is 2.87. The van der Waals surface area contributed by atoms with Crippen molar-refractivity contribution in [1.29, 1.82) is 0 Å². The van der Waals surface area contributed by atoms with E-state index >= 15 is 0 Å². The smallest absolute Gasteiger partial charge is 0.151 e. The predicted molar refractivity (Wildman–Crippen MR) is 93.5 cm³/mol. The average Bonchev–Trinajstić information content (AvgIpc) is 2.37. The molecule has 102 valence electrons. The number of hydrogen-bond donors (Lipinski definition) is 0. The van der Waals surface area contributed by atoms with E-state index in [1.54, 1.807) is 12.1 Å². The molecular weight excluding hydrogens is 520 g/mol. The summed E-state index contributed by atoms with van der Waals surface area (Å²) in [6, 6.07) is 7.22. The summed E-state index contributed by atoms with van der Waals surface area (Å²) in [7, 11) is 0. The lowest BCUT2D eigenvalue weighted by atomic mass is 9.96. The fourth-order valence-electron chi connectivity index (χ4n) is 1.85. The lowest BCUT2D eigenvalue weighted by Crippen LogP contribution is -1.95. The van der Waals surface area contributed by atoms with Gasteiger partial charge in [0.1, 0.15) is 0 Å². The third-order valence-electron chi connectivity index (χ3n) is 2.71. The first-order valence-corrected chi connectivity index (χ1v) is 8.54. The summed E-state index contributed by atoms with van der Waals surface area (Å²) in [5.41, 5.74) is 2.37. The standard InChI is InChI=1S/C14H6Br4O2/c15-7-1-9(11(5-19)13(17)3-7)10-2-8(16)4-14(18)12(10)6-20/h1-6H. The van der Waals surface area contributed by atoms with Gasteiger partial charge in [0.2, 0.25) is 0 Å². The Morgan fingerprint density at radius 1 is 0.650 bits per heavy atom. The van der Waals surface area contributed by atoms with Gasteiger partial charge in [0, 0.05) is 29.0 Å². The number of carbonyl (C=O) groups excluding carboxylic acids is 2. The van der Waals surface area contributed by atoms with Gasteiger partial charge in [-0.05, 0) is 67.3 Å². The topological polar surface area (TPSA) is 34.1 Å². The van der Waals surface area contributed by atoms with Crippen LogP contribution in [0.25, 0.3) is 11.1 Å². The van der Waals surface area contributed by atoms with E-state index < -0.39 is 0 Å². The molecule has 2 nitrogen and oxygen atoms in total. The SMILES string of the molecule is O=Cc1c(Br)cc(Br)cc1-c1cc(Br)cc(Br)c1C=O. The van der Waals surface area contributed by atoms with Crippen molar-refractivity contribution in [3.63, 3.8) is 0 Å². The van der Waals surface area contributed by atoms with Crippen molar-refractivity contribution in [3.8, 4) is 11.1 Å². The molecule has 0 fully saturated rings. The summed E-state index contributed by atoms with van der Waals surface area (Å²) >= 11 is 13.5. The summed E-state index contributed by atoms with van der Waals surface area (Å²) in [5.74, 6) is 0. The van der Waals surface area contributed by atoms with Gasteiger partial charge in [0.25, 0.3) is 0 Å². The summed E-state index contributed by atoms with van der Waals surface area (Å²) in [6.45, 7) is 0. The van der Waals surface area contributed by atoms with Gasteiger partial charge in [-0.1, -0.05) is 31.9 Å². The first-order chi connectivity index (χ1) is 9.47. The van der Waals surface area contributed by atoms with E-state index in [2.05, 4.69) is 63.7 Å². The molecule has 0 saturated heterocycles. The van der Waals surface area contributed by atoms with Crippen molar-refractivity contribution < 1.29 is 9.59 Å². The van der Waals surface area contributed by atoms with Crippen molar-refractivity contribution in [2.75, 3.05) is 0 Å². The molecular formula is C14H6Br4O2. The van der Waals surface area contributed by atoms with E-state index in [4.69, 9.17) is 0 Å². The van der Waals surface area contributed by atoms with Crippen LogP contribution in [0.1, 0.15) is 20.7 Å². The van der Waals surface area contributed by atoms with Crippen LogP contribution in [0.2, 0.25) is 0 Å². The predicted octanol–water partition coefficient (Wildman–Crippen LogP) is 6.03. The highest BCUT2D eigenvalue weighted by atomic mass is 79.9. The van der Waals surface area contributed by atoms with E-state index in [0.717, 1.165) is 21.5 Å². The van der Waals surface area contributed by atoms with Crippen LogP contribution in [-0.4, -0.2) is 12.6 Å². The van der Waals surface area contributed by atoms with E-state index in [9.17, 15) is 9.59 Å². The van der Waals surface area contributed by atoms with Gasteiger partial charge in [0.05, 0.1) is 0 Å². The molecule has 20 heavy (non-hydrogen) atoms. The van der Waals surface area contributed by atoms with Gasteiger partial charge in [-0.2, -0.15) is 0 Å². The van der Waals surface area contributed by atoms with Crippen LogP contribution in [0, 0.1) is 0 Å². The van der Waals surface area contributed by atoms with E-state index in [-0.39, 0.29) is 0 Å². The fourth-order valence-corrected chi connectivity index (χ4v) is 4.49. The highest BCUT2D eigenvalue weighted by molar-refractivity contribution is 9.11. The second-order valence-electron chi connectivity index (χ2n) is 3.93. The summed E-state index contributed by atoms with van der Waals surface area (Å²) in [6.07, 6.45) is 1.55. The van der Waals surface area contributed by atoms with Crippen LogP contribution < -0.4 is 0 Å². The van der Waals surface area contributed by atoms with Crippen molar-refractivity contribution in [2.45, 2.75) is 0 Å². The highest BCUT2D eigenvalue weighted by Gasteiger charge is 2.16. The lowest BCUT2D eigenvalue weighted by Gasteiger charge is -2.12. The number of halogens is 4. The van der Waals surface area contributed by atoms with Crippen molar-refractivity contribution in [2.24, 2.45) is 0 Å². The largest absolute Gasteiger partial charge is 0.298 e. The number of hydrogen-bond acceptors (Lipinski definition) is 2. The molecule has 0 aliphatic carbocycles. The Morgan fingerprint density at radius 3 is 1.30 bits per heavy atom. The fraction of sp³-hybridized carbons (Fsp3) is 0. The molecule has 0 radical (unpaired) electrons. The van der Waals surface area contributed by atoms with Gasteiger partial charge in [0.15, 0.2) is 12.6 Å². The normalized spacial score (nSPS) is 10.4. The third kappa shape index (κ3) is 3.13. The van der Waals surface area contributed by atoms with Crippen LogP contribution in [0.3, 0.4) is 0 Å². The minimum Gasteiger partial charge on any atom is -0.298 e. The Hall–Kier alpha value is -0.300. The number of aldehydes is 2. The molecule has 2 aromatic carbocycles. The van der Waals surface area contributed by atoms with Crippen LogP contribution in [0.4, 0.5) is 0 Å². The molecule has 0 aromatic heterocycles. The molecule has 0 N–H and O–H groups in total. The molecule has 0 heterocycles. The summed E-state index contributed by atoms with van der Waals surface area (Å²) < 4.78 is 2.98. The Morgan fingerprint density at radius 2 is 1.00 bits per heavy atom. The molecule has 0 bridgehead atoms. The van der Waals surface area contributed by atoms with Gasteiger partial charge in [-0.25, -0.2) is 0 Å². The molecule has 2 rings (SSSR count). The van der Waals surface area contributed by atoms with Crippen LogP contribution >= 0.6 is 63.7 Å². The second-order valence-corrected chi connectivity index (χ2v) is 7.47. The Bertz CT molecular complexity index is 649. The maximum Gasteiger partial charge on any atom is 0.151 e. The molecule has 0 aliphatic heterocycles. The van der Waals surface area contributed by atoms with Crippen LogP contribution in [0.5, 0.6) is 0 Å². The minimum atomic E-state index is 0.501. The zero-order valence-electron chi connectivity index (χ0n) is 9.79. The molecule has 0 spiro atoms. The number of benzene rings is 2. The lowest BCUT2D eigenvalue weighted by molar-refractivity contribution is 0.111. The quantitative estimate of drug-likeness (QED) is 0.459. The zero-order chi connectivity index (χ0) is 14.9. The molecule has 0 atom stereocenters. The van der Waals surface area contributed by atoms with E-state index in [1.165, 1.54) is 0 Å². The second kappa shape index (κ2) is 6.64. The van der Waals surface area contributed by atoms with Gasteiger partial charge >= 0.3 is 0 Å². The van der Waals surface area contributed by atoms with Crippen LogP contribution in [0.15, 0.2) is 42.2 Å². The van der Waals surface area contributed by atoms with E-state index in [1.807, 2.05) is 12.1 Å². The molecule has 0 amide bonds. The summed E-state index contributed by atoms with van der Waals surface area (Å²) in [4.78, 5) is 22.7. The highest BCUT2D eigenvalue weighted by Crippen LogP contribution is 2.37. The minimum absolute atomic E-state index is 0.501. The molecule has 0 aliphatic rings. The van der Waals surface area contributed by atoms with Crippen LogP contribution in [-0.2, 0) is 0 Å². The van der Waals surface area contributed by atoms with Gasteiger partial charge < -0.3 is 0 Å². The Kier molecular flexibility index (Phi) is 5.34. The monoisotopic (exact) mass is 522 g/mol. The zero-order valence-corrected chi connectivity index (χ0v) is 16.1. The maximum atomic E-state index is 11.3. The molecule has 6 heteroatoms. The molecule has 0 saturated carbocycles. The van der Waals surface area contributed by atoms with Crippen molar-refractivity contribution >= 4 is 76.3 Å². The van der Waals surface area contributed by atoms with Crippen molar-refractivity contribution in [3.05, 3.63) is 53.3 Å². The number of rotatable bonds is 3.